The van der Waals surface area contributed by atoms with Crippen molar-refractivity contribution in [3.05, 3.63) is 46.7 Å². The summed E-state index contributed by atoms with van der Waals surface area (Å²) in [5.74, 6) is -1.94. The molecule has 6 nitrogen and oxygen atoms in total. The number of nitrogens with one attached hydrogen (secondary N) is 1. The second-order valence-electron chi connectivity index (χ2n) is 6.10. The van der Waals surface area contributed by atoms with Crippen LogP contribution in [0.2, 0.25) is 5.02 Å². The number of benzene rings is 1. The summed E-state index contributed by atoms with van der Waals surface area (Å²) in [5.41, 5.74) is 0.513. The van der Waals surface area contributed by atoms with Crippen LogP contribution in [-0.4, -0.2) is 28.7 Å². The van der Waals surface area contributed by atoms with Gasteiger partial charge in [-0.2, -0.15) is 0 Å². The summed E-state index contributed by atoms with van der Waals surface area (Å²) in [6, 6.07) is 3.47. The Labute approximate surface area is 150 Å². The number of carboxylic acid groups (broad SMARTS) is 2. The van der Waals surface area contributed by atoms with Crippen LogP contribution in [0.4, 0.5) is 5.69 Å². The van der Waals surface area contributed by atoms with E-state index >= 15 is 0 Å². The first-order chi connectivity index (χ1) is 11.8. The normalized spacial score (nSPS) is 20.5. The van der Waals surface area contributed by atoms with E-state index in [-0.39, 0.29) is 12.1 Å². The lowest BCUT2D eigenvalue weighted by molar-refractivity contribution is -0.136. The molecule has 7 heteroatoms. The minimum Gasteiger partial charge on any atom is -0.478 e. The fourth-order valence-electron chi connectivity index (χ4n) is 2.90. The van der Waals surface area contributed by atoms with Crippen LogP contribution in [-0.2, 0) is 16.0 Å². The molecule has 0 aromatic heterocycles. The molecular weight excluding hydrogens is 346 g/mol. The predicted molar refractivity (Wildman–Crippen MR) is 95.2 cm³/mol. The van der Waals surface area contributed by atoms with Crippen LogP contribution >= 0.6 is 11.6 Å². The molecule has 0 spiro atoms. The van der Waals surface area contributed by atoms with Gasteiger partial charge in [0.1, 0.15) is 5.75 Å². The van der Waals surface area contributed by atoms with Crippen LogP contribution in [0.5, 0.6) is 5.75 Å². The number of rotatable bonds is 5. The first-order valence-electron chi connectivity index (χ1n) is 7.80. The van der Waals surface area contributed by atoms with Crippen molar-refractivity contribution in [2.75, 3.05) is 11.9 Å². The molecule has 1 aliphatic heterocycles. The van der Waals surface area contributed by atoms with E-state index < -0.39 is 17.4 Å². The largest absolute Gasteiger partial charge is 0.478 e. The monoisotopic (exact) mass is 365 g/mol. The summed E-state index contributed by atoms with van der Waals surface area (Å²) >= 11 is 6.30. The summed E-state index contributed by atoms with van der Waals surface area (Å²) in [6.45, 7) is 3.81. The highest BCUT2D eigenvalue weighted by molar-refractivity contribution is 6.31. The van der Waals surface area contributed by atoms with Gasteiger partial charge in [0.2, 0.25) is 0 Å². The second kappa shape index (κ2) is 7.61. The standard InChI is InChI=1S/C18H20ClNO5/c1-3-8-25-14-5-4-13(19)11-6-7-18(2,10-20-16(11)14)12(17(23)24)9-15(21)22/h3-5,8-9,20H,6-7,10H2,1-2H3,(H,21,22)(H,23,24). The fourth-order valence-corrected chi connectivity index (χ4v) is 3.15. The first-order valence-corrected chi connectivity index (χ1v) is 8.18. The Hall–Kier alpha value is -2.47. The van der Waals surface area contributed by atoms with Gasteiger partial charge in [0, 0.05) is 23.1 Å². The maximum Gasteiger partial charge on any atom is 0.332 e. The number of fused-ring (bicyclic) bond motifs is 1. The molecule has 1 aromatic rings. The summed E-state index contributed by atoms with van der Waals surface area (Å²) in [6.07, 6.45) is 4.99. The number of hydrogen-bond acceptors (Lipinski definition) is 4. The molecule has 0 aliphatic carbocycles. The van der Waals surface area contributed by atoms with Gasteiger partial charge in [0.15, 0.2) is 0 Å². The molecule has 1 heterocycles. The Morgan fingerprint density at radius 2 is 2.08 bits per heavy atom. The van der Waals surface area contributed by atoms with Gasteiger partial charge in [-0.1, -0.05) is 24.6 Å². The number of hydrogen-bond donors (Lipinski definition) is 3. The zero-order valence-electron chi connectivity index (χ0n) is 14.0. The summed E-state index contributed by atoms with van der Waals surface area (Å²) in [5, 5.41) is 22.2. The Morgan fingerprint density at radius 3 is 2.68 bits per heavy atom. The maximum atomic E-state index is 11.6. The molecule has 0 radical (unpaired) electrons. The highest BCUT2D eigenvalue weighted by Gasteiger charge is 2.36. The maximum absolute atomic E-state index is 11.6. The van der Waals surface area contributed by atoms with Gasteiger partial charge < -0.3 is 20.3 Å². The SMILES string of the molecule is CC=COc1ccc(Cl)c2c1NCC(C)(C(=CC(=O)O)C(=O)O)CC2. The highest BCUT2D eigenvalue weighted by atomic mass is 35.5. The van der Waals surface area contributed by atoms with E-state index in [0.29, 0.717) is 29.3 Å². The highest BCUT2D eigenvalue weighted by Crippen LogP contribution is 2.42. The molecule has 2 rings (SSSR count). The van der Waals surface area contributed by atoms with E-state index in [1.54, 1.807) is 31.4 Å². The number of ether oxygens (including phenoxy) is 1. The fraction of sp³-hybridized carbons (Fsp3) is 0.333. The Balaban J connectivity index is 2.43. The predicted octanol–water partition coefficient (Wildman–Crippen LogP) is 3.71. The number of anilines is 1. The minimum absolute atomic E-state index is 0.146. The summed E-state index contributed by atoms with van der Waals surface area (Å²) in [4.78, 5) is 22.6. The van der Waals surface area contributed by atoms with Gasteiger partial charge in [-0.3, -0.25) is 0 Å². The van der Waals surface area contributed by atoms with Crippen LogP contribution in [0.15, 0.2) is 36.1 Å². The lowest BCUT2D eigenvalue weighted by atomic mass is 9.77. The van der Waals surface area contributed by atoms with Gasteiger partial charge in [0.05, 0.1) is 17.5 Å². The van der Waals surface area contributed by atoms with Gasteiger partial charge >= 0.3 is 11.9 Å². The molecule has 134 valence electrons. The zero-order valence-corrected chi connectivity index (χ0v) is 14.8. The average Bonchev–Trinajstić information content (AvgIpc) is 2.73. The molecule has 0 saturated heterocycles. The molecule has 1 atom stereocenters. The number of aliphatic carboxylic acids is 2. The summed E-state index contributed by atoms with van der Waals surface area (Å²) in [7, 11) is 0. The van der Waals surface area contributed by atoms with Crippen molar-refractivity contribution in [3.8, 4) is 5.75 Å². The Bertz CT molecular complexity index is 756. The molecule has 0 bridgehead atoms. The number of halogens is 1. The third-order valence-electron chi connectivity index (χ3n) is 4.28. The molecule has 0 fully saturated rings. The van der Waals surface area contributed by atoms with E-state index in [1.807, 2.05) is 6.92 Å². The lowest BCUT2D eigenvalue weighted by Crippen LogP contribution is -2.32. The van der Waals surface area contributed by atoms with Crippen molar-refractivity contribution in [2.45, 2.75) is 26.7 Å². The molecule has 25 heavy (non-hydrogen) atoms. The minimum atomic E-state index is -1.28. The van der Waals surface area contributed by atoms with E-state index in [0.717, 1.165) is 11.6 Å². The Kier molecular flexibility index (Phi) is 5.74. The van der Waals surface area contributed by atoms with Crippen molar-refractivity contribution < 1.29 is 24.5 Å². The third kappa shape index (κ3) is 4.14. The van der Waals surface area contributed by atoms with Crippen molar-refractivity contribution in [3.63, 3.8) is 0 Å². The smallest absolute Gasteiger partial charge is 0.332 e. The molecule has 1 aromatic carbocycles. The lowest BCUT2D eigenvalue weighted by Gasteiger charge is -2.28. The van der Waals surface area contributed by atoms with E-state index in [4.69, 9.17) is 21.4 Å². The quantitative estimate of drug-likeness (QED) is 0.543. The van der Waals surface area contributed by atoms with Crippen LogP contribution < -0.4 is 10.1 Å². The number of carbonyl (C=O) groups is 2. The van der Waals surface area contributed by atoms with Gasteiger partial charge in [-0.15, -0.1) is 0 Å². The molecule has 1 unspecified atom stereocenters. The molecular formula is C18H20ClNO5. The van der Waals surface area contributed by atoms with Crippen molar-refractivity contribution in [1.82, 2.24) is 0 Å². The average molecular weight is 366 g/mol. The zero-order chi connectivity index (χ0) is 18.6. The van der Waals surface area contributed by atoms with E-state index in [1.165, 1.54) is 0 Å². The van der Waals surface area contributed by atoms with Crippen molar-refractivity contribution in [2.24, 2.45) is 5.41 Å². The number of allylic oxidation sites excluding steroid dienone is 1. The molecule has 3 N–H and O–H groups in total. The van der Waals surface area contributed by atoms with Crippen LogP contribution in [0.1, 0.15) is 25.8 Å². The summed E-state index contributed by atoms with van der Waals surface area (Å²) < 4.78 is 5.58. The van der Waals surface area contributed by atoms with Gasteiger partial charge in [-0.05, 0) is 37.5 Å². The first kappa shape index (κ1) is 18.9. The van der Waals surface area contributed by atoms with Crippen molar-refractivity contribution >= 4 is 29.2 Å². The molecule has 0 saturated carbocycles. The topological polar surface area (TPSA) is 95.9 Å². The van der Waals surface area contributed by atoms with Crippen molar-refractivity contribution in [1.29, 1.82) is 0 Å². The van der Waals surface area contributed by atoms with Crippen LogP contribution in [0, 0.1) is 5.41 Å². The molecule has 1 aliphatic rings. The van der Waals surface area contributed by atoms with E-state index in [2.05, 4.69) is 5.32 Å². The van der Waals surface area contributed by atoms with Gasteiger partial charge in [0.25, 0.3) is 0 Å². The third-order valence-corrected chi connectivity index (χ3v) is 4.63. The van der Waals surface area contributed by atoms with E-state index in [9.17, 15) is 14.7 Å². The van der Waals surface area contributed by atoms with Crippen LogP contribution in [0.3, 0.4) is 0 Å². The molecule has 0 amide bonds. The van der Waals surface area contributed by atoms with Crippen LogP contribution in [0.25, 0.3) is 0 Å². The Morgan fingerprint density at radius 1 is 1.36 bits per heavy atom. The number of carboxylic acids is 2. The second-order valence-corrected chi connectivity index (χ2v) is 6.51. The van der Waals surface area contributed by atoms with Gasteiger partial charge in [-0.25, -0.2) is 9.59 Å².